The van der Waals surface area contributed by atoms with Gasteiger partial charge in [0, 0.05) is 13.1 Å². The highest BCUT2D eigenvalue weighted by Crippen LogP contribution is 2.35. The van der Waals surface area contributed by atoms with E-state index in [4.69, 9.17) is 31.5 Å². The van der Waals surface area contributed by atoms with E-state index >= 15 is 0 Å². The molecule has 10 heteroatoms. The maximum atomic E-state index is 12.9. The average molecular weight is 439 g/mol. The molecule has 2 aliphatic heterocycles. The number of morpholine rings is 1. The quantitative estimate of drug-likeness (QED) is 0.485. The lowest BCUT2D eigenvalue weighted by atomic mass is 10.2. The molecule has 2 heterocycles. The van der Waals surface area contributed by atoms with Crippen LogP contribution in [0.5, 0.6) is 11.5 Å². The summed E-state index contributed by atoms with van der Waals surface area (Å²) < 4.78 is 17.0. The van der Waals surface area contributed by atoms with Gasteiger partial charge in [-0.3, -0.25) is 9.59 Å². The van der Waals surface area contributed by atoms with Crippen LogP contribution in [-0.2, 0) is 14.3 Å². The first-order valence-corrected chi connectivity index (χ1v) is 10.4. The molecule has 0 saturated carbocycles. The van der Waals surface area contributed by atoms with Gasteiger partial charge in [0.25, 0.3) is 5.91 Å². The second-order valence-corrected chi connectivity index (χ2v) is 7.87. The number of thiocarbonyl (C=S) groups is 1. The Morgan fingerprint density at radius 1 is 1.31 bits per heavy atom. The van der Waals surface area contributed by atoms with Crippen molar-refractivity contribution in [2.45, 2.75) is 13.3 Å². The molecule has 2 saturated heterocycles. The molecule has 8 nitrogen and oxygen atoms in total. The minimum absolute atomic E-state index is 0.0486. The highest BCUT2D eigenvalue weighted by molar-refractivity contribution is 8.26. The molecule has 1 aromatic rings. The van der Waals surface area contributed by atoms with E-state index in [1.807, 2.05) is 11.9 Å². The zero-order chi connectivity index (χ0) is 20.8. The third-order valence-electron chi connectivity index (χ3n) is 4.18. The van der Waals surface area contributed by atoms with Crippen molar-refractivity contribution >= 4 is 46.3 Å². The zero-order valence-electron chi connectivity index (χ0n) is 16.0. The summed E-state index contributed by atoms with van der Waals surface area (Å²) in [5.41, 5.74) is 0.765. The molecule has 0 aromatic heterocycles. The van der Waals surface area contributed by atoms with Gasteiger partial charge in [0.15, 0.2) is 15.8 Å². The first-order chi connectivity index (χ1) is 14.0. The van der Waals surface area contributed by atoms with Gasteiger partial charge in [-0.05, 0) is 30.7 Å². The molecule has 0 radical (unpaired) electrons. The van der Waals surface area contributed by atoms with Crippen molar-refractivity contribution in [2.75, 3.05) is 39.5 Å². The van der Waals surface area contributed by atoms with Crippen LogP contribution < -0.4 is 9.47 Å². The number of carbonyl (C=O) groups excluding carboxylic acids is 1. The number of rotatable bonds is 8. The summed E-state index contributed by atoms with van der Waals surface area (Å²) in [7, 11) is 0. The molecule has 1 amide bonds. The lowest BCUT2D eigenvalue weighted by molar-refractivity contribution is -0.138. The summed E-state index contributed by atoms with van der Waals surface area (Å²) in [4.78, 5) is 24.1. The Kier molecular flexibility index (Phi) is 7.48. The van der Waals surface area contributed by atoms with E-state index in [9.17, 15) is 9.59 Å². The van der Waals surface area contributed by atoms with Gasteiger partial charge in [-0.15, -0.1) is 0 Å². The number of carboxylic acids is 1. The van der Waals surface area contributed by atoms with Crippen LogP contribution in [0.15, 0.2) is 23.1 Å². The highest BCUT2D eigenvalue weighted by atomic mass is 32.2. The predicted molar refractivity (Wildman–Crippen MR) is 113 cm³/mol. The van der Waals surface area contributed by atoms with Gasteiger partial charge in [-0.2, -0.15) is 0 Å². The Balaban J connectivity index is 1.76. The Morgan fingerprint density at radius 2 is 2.07 bits per heavy atom. The minimum Gasteiger partial charge on any atom is -0.490 e. The Bertz CT molecular complexity index is 823. The van der Waals surface area contributed by atoms with E-state index in [0.717, 1.165) is 5.56 Å². The fourth-order valence-electron chi connectivity index (χ4n) is 2.86. The number of hydrogen-bond donors (Lipinski definition) is 1. The molecule has 0 bridgehead atoms. The first kappa shape index (κ1) is 21.6. The van der Waals surface area contributed by atoms with Gasteiger partial charge >= 0.3 is 5.97 Å². The van der Waals surface area contributed by atoms with E-state index in [-0.39, 0.29) is 18.9 Å². The predicted octanol–water partition coefficient (Wildman–Crippen LogP) is 2.39. The number of nitrogens with zero attached hydrogens (tertiary/aromatic N) is 2. The van der Waals surface area contributed by atoms with E-state index in [0.29, 0.717) is 53.6 Å². The molecule has 2 aliphatic rings. The molecule has 1 aromatic carbocycles. The Labute approximate surface area is 178 Å². The maximum absolute atomic E-state index is 12.9. The van der Waals surface area contributed by atoms with E-state index in [2.05, 4.69) is 0 Å². The molecule has 1 N–H and O–H groups in total. The lowest BCUT2D eigenvalue weighted by Gasteiger charge is -2.33. The first-order valence-electron chi connectivity index (χ1n) is 9.21. The molecule has 29 heavy (non-hydrogen) atoms. The van der Waals surface area contributed by atoms with Gasteiger partial charge in [-0.1, -0.05) is 30.0 Å². The third kappa shape index (κ3) is 5.47. The fourth-order valence-corrected chi connectivity index (χ4v) is 4.17. The summed E-state index contributed by atoms with van der Waals surface area (Å²) in [6.07, 6.45) is 1.67. The number of carbonyl (C=O) groups is 2. The number of aliphatic carboxylic acids is 1. The second kappa shape index (κ2) is 10.1. The highest BCUT2D eigenvalue weighted by Gasteiger charge is 2.36. The summed E-state index contributed by atoms with van der Waals surface area (Å²) >= 11 is 6.66. The van der Waals surface area contributed by atoms with Crippen molar-refractivity contribution in [3.8, 4) is 11.5 Å². The van der Waals surface area contributed by atoms with Crippen LogP contribution in [0, 0.1) is 0 Å². The fraction of sp³-hybridized carbons (Fsp3) is 0.421. The lowest BCUT2D eigenvalue weighted by Crippen LogP contribution is -2.50. The van der Waals surface area contributed by atoms with Gasteiger partial charge in [0.05, 0.1) is 37.8 Å². The van der Waals surface area contributed by atoms with Crippen molar-refractivity contribution in [3.63, 3.8) is 0 Å². The number of ether oxygens (including phenoxy) is 3. The second-order valence-electron chi connectivity index (χ2n) is 6.19. The summed E-state index contributed by atoms with van der Waals surface area (Å²) in [6, 6.07) is 5.27. The van der Waals surface area contributed by atoms with E-state index < -0.39 is 5.97 Å². The Hall–Kier alpha value is -2.14. The van der Waals surface area contributed by atoms with Crippen LogP contribution in [0.25, 0.3) is 6.08 Å². The number of thioether (sulfide) groups is 1. The molecule has 2 fully saturated rings. The van der Waals surface area contributed by atoms with Crippen LogP contribution >= 0.6 is 24.0 Å². The molecule has 156 valence electrons. The number of amides is 1. The third-order valence-corrected chi connectivity index (χ3v) is 5.47. The smallest absolute Gasteiger partial charge is 0.306 e. The molecule has 0 unspecified atom stereocenters. The van der Waals surface area contributed by atoms with Gasteiger partial charge in [0.2, 0.25) is 0 Å². The summed E-state index contributed by atoms with van der Waals surface area (Å²) in [5, 5.41) is 12.2. The molecule has 0 aliphatic carbocycles. The van der Waals surface area contributed by atoms with Gasteiger partial charge in [0.1, 0.15) is 0 Å². The van der Waals surface area contributed by atoms with E-state index in [1.165, 1.54) is 11.8 Å². The maximum Gasteiger partial charge on any atom is 0.306 e. The summed E-state index contributed by atoms with van der Waals surface area (Å²) in [5.74, 6) is -0.120. The topological polar surface area (TPSA) is 88.5 Å². The molecular weight excluding hydrogens is 416 g/mol. The van der Waals surface area contributed by atoms with Gasteiger partial charge < -0.3 is 19.3 Å². The van der Waals surface area contributed by atoms with E-state index in [1.54, 1.807) is 29.3 Å². The van der Waals surface area contributed by atoms with Crippen molar-refractivity contribution in [1.29, 1.82) is 0 Å². The standard InChI is InChI=1S/C19H22N2O6S2/c1-2-26-15-11-13(3-4-14(15)27-8-5-17(22)23)12-16-18(24)21(19(28)29-16)20-6-9-25-10-7-20/h3-4,11-12H,2,5-10H2,1H3,(H,22,23)/b16-12+. The van der Waals surface area contributed by atoms with Crippen LogP contribution in [0.1, 0.15) is 18.9 Å². The molecule has 3 rings (SSSR count). The SMILES string of the molecule is CCOc1cc(/C=C2/SC(=S)N(N3CCOCC3)C2=O)ccc1OCCC(=O)O. The normalized spacial score (nSPS) is 19.1. The largest absolute Gasteiger partial charge is 0.490 e. The Morgan fingerprint density at radius 3 is 2.76 bits per heavy atom. The zero-order valence-corrected chi connectivity index (χ0v) is 17.6. The number of carboxylic acid groups (broad SMARTS) is 1. The van der Waals surface area contributed by atoms with Crippen LogP contribution in [-0.4, -0.2) is 70.8 Å². The monoisotopic (exact) mass is 438 g/mol. The van der Waals surface area contributed by atoms with Crippen LogP contribution in [0.4, 0.5) is 0 Å². The average Bonchev–Trinajstić information content (AvgIpc) is 2.97. The molecule has 0 spiro atoms. The van der Waals surface area contributed by atoms with Crippen molar-refractivity contribution < 1.29 is 28.9 Å². The molecule has 0 atom stereocenters. The summed E-state index contributed by atoms with van der Waals surface area (Å²) in [6.45, 7) is 4.70. The minimum atomic E-state index is -0.929. The van der Waals surface area contributed by atoms with Crippen molar-refractivity contribution in [1.82, 2.24) is 10.0 Å². The van der Waals surface area contributed by atoms with Crippen LogP contribution in [0.2, 0.25) is 0 Å². The number of benzene rings is 1. The molecular formula is C19H22N2O6S2. The van der Waals surface area contributed by atoms with Crippen molar-refractivity contribution in [3.05, 3.63) is 28.7 Å². The number of hydrazine groups is 1. The van der Waals surface area contributed by atoms with Gasteiger partial charge in [-0.25, -0.2) is 10.0 Å². The van der Waals surface area contributed by atoms with Crippen molar-refractivity contribution in [2.24, 2.45) is 0 Å². The van der Waals surface area contributed by atoms with Crippen LogP contribution in [0.3, 0.4) is 0 Å². The number of hydrogen-bond acceptors (Lipinski definition) is 8.